The average molecular weight is 457 g/mol. The number of aliphatic hydroxyl groups excluding tert-OH is 1. The van der Waals surface area contributed by atoms with Crippen molar-refractivity contribution in [2.75, 3.05) is 24.6 Å². The van der Waals surface area contributed by atoms with E-state index in [-0.39, 0.29) is 25.6 Å². The Bertz CT molecular complexity index is 1010. The summed E-state index contributed by atoms with van der Waals surface area (Å²) in [6.45, 7) is 9.35. The predicted octanol–water partition coefficient (Wildman–Crippen LogP) is 2.05. The normalized spacial score (nSPS) is 32.2. The topological polar surface area (TPSA) is 107 Å². The van der Waals surface area contributed by atoms with Gasteiger partial charge in [0.1, 0.15) is 17.6 Å². The second kappa shape index (κ2) is 8.25. The Morgan fingerprint density at radius 1 is 1.33 bits per heavy atom. The molecule has 2 unspecified atom stereocenters. The highest BCUT2D eigenvalue weighted by atomic mass is 16.5. The van der Waals surface area contributed by atoms with Gasteiger partial charge in [-0.05, 0) is 50.3 Å². The fourth-order valence-electron chi connectivity index (χ4n) is 6.31. The van der Waals surface area contributed by atoms with Crippen LogP contribution in [-0.2, 0) is 19.1 Å². The van der Waals surface area contributed by atoms with Crippen molar-refractivity contribution in [1.82, 2.24) is 4.90 Å². The standard InChI is InChI=1S/C25H32N2O6/c1-5-11-26(17-14-15(3)7-8-16(17)4)22(30)20-25-10-9-24(6-2,33-25)19(23(31)32)18(25)21(29)27(20)12-13-28/h5,7-8,14,18-20,28H,1,6,9-13H2,2-4H3,(H,31,32)/t18-,19-,20?,24+,25?/m0/s1. The molecule has 3 saturated heterocycles. The summed E-state index contributed by atoms with van der Waals surface area (Å²) < 4.78 is 6.50. The number of hydrogen-bond donors (Lipinski definition) is 2. The van der Waals surface area contributed by atoms with Crippen molar-refractivity contribution >= 4 is 23.5 Å². The van der Waals surface area contributed by atoms with E-state index in [1.807, 2.05) is 39.0 Å². The van der Waals surface area contributed by atoms with Crippen LogP contribution in [0.3, 0.4) is 0 Å². The van der Waals surface area contributed by atoms with E-state index in [2.05, 4.69) is 6.58 Å². The SMILES string of the molecule is C=CCN(C(=O)C1N(CCO)C(=O)[C@@H]2[C@@H](C(=O)O)[C@@]3(CC)CCC12O3)c1cc(C)ccc1C. The lowest BCUT2D eigenvalue weighted by atomic mass is 9.65. The van der Waals surface area contributed by atoms with Crippen LogP contribution in [0.4, 0.5) is 5.69 Å². The maximum absolute atomic E-state index is 14.2. The van der Waals surface area contributed by atoms with Gasteiger partial charge < -0.3 is 24.7 Å². The van der Waals surface area contributed by atoms with Gasteiger partial charge >= 0.3 is 5.97 Å². The zero-order valence-electron chi connectivity index (χ0n) is 19.4. The van der Waals surface area contributed by atoms with E-state index < -0.39 is 41.0 Å². The molecule has 0 saturated carbocycles. The van der Waals surface area contributed by atoms with Crippen LogP contribution in [0.5, 0.6) is 0 Å². The first-order chi connectivity index (χ1) is 15.7. The molecule has 8 nitrogen and oxygen atoms in total. The van der Waals surface area contributed by atoms with Crippen LogP contribution in [0, 0.1) is 25.7 Å². The maximum atomic E-state index is 14.2. The lowest BCUT2D eigenvalue weighted by Crippen LogP contribution is -2.57. The third-order valence-corrected chi connectivity index (χ3v) is 7.75. The van der Waals surface area contributed by atoms with Gasteiger partial charge in [0.2, 0.25) is 5.91 Å². The molecule has 2 amide bonds. The van der Waals surface area contributed by atoms with E-state index in [9.17, 15) is 24.6 Å². The number of nitrogens with zero attached hydrogens (tertiary/aromatic N) is 2. The average Bonchev–Trinajstić information content (AvgIpc) is 3.38. The summed E-state index contributed by atoms with van der Waals surface area (Å²) in [5, 5.41) is 19.8. The van der Waals surface area contributed by atoms with Crippen LogP contribution >= 0.6 is 0 Å². The molecule has 5 atom stereocenters. The van der Waals surface area contributed by atoms with Gasteiger partial charge in [-0.15, -0.1) is 6.58 Å². The molecule has 2 N–H and O–H groups in total. The number of benzene rings is 1. The second-order valence-electron chi connectivity index (χ2n) is 9.45. The number of fused-ring (bicyclic) bond motifs is 1. The summed E-state index contributed by atoms with van der Waals surface area (Å²) in [6.07, 6.45) is 2.98. The zero-order valence-corrected chi connectivity index (χ0v) is 19.4. The first-order valence-electron chi connectivity index (χ1n) is 11.5. The molecule has 3 aliphatic rings. The summed E-state index contributed by atoms with van der Waals surface area (Å²) in [4.78, 5) is 43.0. The third-order valence-electron chi connectivity index (χ3n) is 7.75. The van der Waals surface area contributed by atoms with Crippen LogP contribution < -0.4 is 4.90 Å². The van der Waals surface area contributed by atoms with E-state index in [1.165, 1.54) is 4.90 Å². The molecule has 33 heavy (non-hydrogen) atoms. The molecule has 3 fully saturated rings. The molecular weight excluding hydrogens is 424 g/mol. The molecule has 8 heteroatoms. The Balaban J connectivity index is 1.84. The van der Waals surface area contributed by atoms with Crippen LogP contribution in [0.15, 0.2) is 30.9 Å². The number of carbonyl (C=O) groups excluding carboxylic acids is 2. The van der Waals surface area contributed by atoms with Gasteiger partial charge in [-0.1, -0.05) is 25.1 Å². The highest BCUT2D eigenvalue weighted by Crippen LogP contribution is 2.64. The van der Waals surface area contributed by atoms with Gasteiger partial charge in [0.05, 0.1) is 18.1 Å². The second-order valence-corrected chi connectivity index (χ2v) is 9.45. The van der Waals surface area contributed by atoms with Crippen LogP contribution in [0.2, 0.25) is 0 Å². The molecule has 2 bridgehead atoms. The van der Waals surface area contributed by atoms with Gasteiger partial charge in [0.25, 0.3) is 5.91 Å². The van der Waals surface area contributed by atoms with Crippen LogP contribution in [-0.4, -0.2) is 69.8 Å². The van der Waals surface area contributed by atoms with Crippen LogP contribution in [0.1, 0.15) is 37.3 Å². The predicted molar refractivity (Wildman–Crippen MR) is 122 cm³/mol. The molecule has 3 heterocycles. The smallest absolute Gasteiger partial charge is 0.310 e. The quantitative estimate of drug-likeness (QED) is 0.580. The number of carboxylic acid groups (broad SMARTS) is 1. The lowest BCUT2D eigenvalue weighted by Gasteiger charge is -2.37. The summed E-state index contributed by atoms with van der Waals surface area (Å²) in [5.74, 6) is -3.81. The molecule has 1 aromatic carbocycles. The molecule has 1 spiro atoms. The van der Waals surface area contributed by atoms with E-state index >= 15 is 0 Å². The number of β-amino-alcohol motifs (C(OH)–C–C–N with tert-alkyl or cyclic N) is 1. The molecule has 0 aromatic heterocycles. The number of ether oxygens (including phenoxy) is 1. The number of aryl methyl sites for hydroxylation is 2. The van der Waals surface area contributed by atoms with Crippen LogP contribution in [0.25, 0.3) is 0 Å². The van der Waals surface area contributed by atoms with E-state index in [0.29, 0.717) is 24.9 Å². The Morgan fingerprint density at radius 3 is 2.67 bits per heavy atom. The number of aliphatic carboxylic acids is 1. The van der Waals surface area contributed by atoms with E-state index in [1.54, 1.807) is 11.0 Å². The monoisotopic (exact) mass is 456 g/mol. The zero-order chi connectivity index (χ0) is 24.1. The first-order valence-corrected chi connectivity index (χ1v) is 11.5. The largest absolute Gasteiger partial charge is 0.481 e. The maximum Gasteiger partial charge on any atom is 0.310 e. The minimum absolute atomic E-state index is 0.0585. The summed E-state index contributed by atoms with van der Waals surface area (Å²) in [7, 11) is 0. The lowest BCUT2D eigenvalue weighted by molar-refractivity contribution is -0.155. The number of aliphatic hydroxyl groups is 1. The Kier molecular flexibility index (Phi) is 5.87. The van der Waals surface area contributed by atoms with Gasteiger partial charge in [-0.25, -0.2) is 0 Å². The van der Waals surface area contributed by atoms with Gasteiger partial charge in [0.15, 0.2) is 0 Å². The van der Waals surface area contributed by atoms with Crippen molar-refractivity contribution in [3.05, 3.63) is 42.0 Å². The number of hydrogen-bond acceptors (Lipinski definition) is 5. The molecule has 0 aliphatic carbocycles. The van der Waals surface area contributed by atoms with Crippen molar-refractivity contribution in [1.29, 1.82) is 0 Å². The number of rotatable bonds is 8. The Labute approximate surface area is 193 Å². The fourth-order valence-corrected chi connectivity index (χ4v) is 6.31. The van der Waals surface area contributed by atoms with Gasteiger partial charge in [-0.2, -0.15) is 0 Å². The number of carbonyl (C=O) groups is 3. The summed E-state index contributed by atoms with van der Waals surface area (Å²) in [5.41, 5.74) is 0.409. The highest BCUT2D eigenvalue weighted by Gasteiger charge is 2.79. The first kappa shape index (κ1) is 23.4. The van der Waals surface area contributed by atoms with Crippen molar-refractivity contribution in [2.24, 2.45) is 11.8 Å². The number of likely N-dealkylation sites (tertiary alicyclic amines) is 1. The third kappa shape index (κ3) is 3.22. The minimum Gasteiger partial charge on any atom is -0.481 e. The number of carboxylic acids is 1. The molecule has 3 aliphatic heterocycles. The van der Waals surface area contributed by atoms with Gasteiger partial charge in [0, 0.05) is 18.8 Å². The summed E-state index contributed by atoms with van der Waals surface area (Å²) in [6, 6.07) is 4.80. The van der Waals surface area contributed by atoms with E-state index in [4.69, 9.17) is 4.74 Å². The molecule has 178 valence electrons. The number of anilines is 1. The molecule has 0 radical (unpaired) electrons. The van der Waals surface area contributed by atoms with E-state index in [0.717, 1.165) is 11.1 Å². The summed E-state index contributed by atoms with van der Waals surface area (Å²) >= 11 is 0. The van der Waals surface area contributed by atoms with Gasteiger partial charge in [-0.3, -0.25) is 14.4 Å². The van der Waals surface area contributed by atoms with Crippen molar-refractivity contribution in [2.45, 2.75) is 57.3 Å². The minimum atomic E-state index is -1.22. The Morgan fingerprint density at radius 2 is 2.06 bits per heavy atom. The molecular formula is C25H32N2O6. The van der Waals surface area contributed by atoms with Crippen molar-refractivity contribution < 1.29 is 29.3 Å². The Hall–Kier alpha value is -2.71. The molecule has 4 rings (SSSR count). The molecule has 1 aromatic rings. The fraction of sp³-hybridized carbons (Fsp3) is 0.560. The van der Waals surface area contributed by atoms with Crippen molar-refractivity contribution in [3.8, 4) is 0 Å². The number of amides is 2. The van der Waals surface area contributed by atoms with Crippen molar-refractivity contribution in [3.63, 3.8) is 0 Å². The highest BCUT2D eigenvalue weighted by molar-refractivity contribution is 6.05.